The van der Waals surface area contributed by atoms with Gasteiger partial charge < -0.3 is 25.0 Å². The Bertz CT molecular complexity index is 557. The minimum atomic E-state index is -1.17. The van der Waals surface area contributed by atoms with Crippen LogP contribution in [0.1, 0.15) is 47.0 Å². The number of amides is 1. The summed E-state index contributed by atoms with van der Waals surface area (Å²) < 4.78 is 10.7. The van der Waals surface area contributed by atoms with Crippen LogP contribution < -0.4 is 5.32 Å². The molecule has 0 aliphatic heterocycles. The van der Waals surface area contributed by atoms with Gasteiger partial charge in [0.25, 0.3) is 0 Å². The number of ether oxygens (including phenoxy) is 2. The minimum absolute atomic E-state index is 0.175. The van der Waals surface area contributed by atoms with Gasteiger partial charge >= 0.3 is 5.97 Å². The molecule has 148 valence electrons. The average Bonchev–Trinajstić information content (AvgIpc) is 3.09. The molecule has 6 atom stereocenters. The molecule has 0 bridgehead atoms. The van der Waals surface area contributed by atoms with E-state index in [9.17, 15) is 19.8 Å². The molecule has 0 saturated heterocycles. The van der Waals surface area contributed by atoms with Crippen LogP contribution in [-0.4, -0.2) is 52.2 Å². The molecule has 0 aromatic carbocycles. The van der Waals surface area contributed by atoms with Crippen molar-refractivity contribution in [3.05, 3.63) is 12.7 Å². The van der Waals surface area contributed by atoms with Crippen LogP contribution in [0.2, 0.25) is 0 Å². The number of hydrogen-bond acceptors (Lipinski definition) is 6. The molecule has 1 unspecified atom stereocenters. The van der Waals surface area contributed by atoms with Gasteiger partial charge in [-0.15, -0.1) is 6.58 Å². The molecule has 0 aromatic rings. The number of nitrogens with one attached hydrogen (secondary N) is 1. The number of carbonyl (C=O) groups is 2. The van der Waals surface area contributed by atoms with Gasteiger partial charge in [-0.2, -0.15) is 0 Å². The summed E-state index contributed by atoms with van der Waals surface area (Å²) in [5.74, 6) is -2.20. The van der Waals surface area contributed by atoms with E-state index < -0.39 is 41.3 Å². The van der Waals surface area contributed by atoms with Gasteiger partial charge in [0.05, 0.1) is 18.3 Å². The van der Waals surface area contributed by atoms with Crippen molar-refractivity contribution in [3.63, 3.8) is 0 Å². The lowest BCUT2D eigenvalue weighted by atomic mass is 9.93. The monoisotopic (exact) mass is 369 g/mol. The van der Waals surface area contributed by atoms with Gasteiger partial charge in [0, 0.05) is 17.8 Å². The third kappa shape index (κ3) is 4.45. The van der Waals surface area contributed by atoms with Crippen molar-refractivity contribution in [1.82, 2.24) is 5.32 Å². The molecule has 2 fully saturated rings. The molecular weight excluding hydrogens is 338 g/mol. The van der Waals surface area contributed by atoms with Gasteiger partial charge in [-0.05, 0) is 47.0 Å². The second-order valence-electron chi connectivity index (χ2n) is 8.24. The number of aliphatic hydroxyl groups is 2. The first-order valence-electron chi connectivity index (χ1n) is 9.19. The van der Waals surface area contributed by atoms with Gasteiger partial charge in [0.2, 0.25) is 5.91 Å². The zero-order chi connectivity index (χ0) is 19.7. The first-order chi connectivity index (χ1) is 12.0. The fraction of sp³-hybridized carbons (Fsp3) is 0.789. The molecule has 2 rings (SSSR count). The lowest BCUT2D eigenvalue weighted by Gasteiger charge is -2.30. The summed E-state index contributed by atoms with van der Waals surface area (Å²) in [6.07, 6.45) is 0.709. The highest BCUT2D eigenvalue weighted by molar-refractivity contribution is 5.92. The summed E-state index contributed by atoms with van der Waals surface area (Å²) in [4.78, 5) is 25.2. The van der Waals surface area contributed by atoms with Gasteiger partial charge in [0.1, 0.15) is 5.54 Å². The minimum Gasteiger partial charge on any atom is -0.464 e. The molecule has 7 heteroatoms. The third-order valence-electron chi connectivity index (χ3n) is 5.05. The topological polar surface area (TPSA) is 105 Å². The Morgan fingerprint density at radius 2 is 2.04 bits per heavy atom. The molecule has 7 nitrogen and oxygen atoms in total. The Morgan fingerprint density at radius 3 is 2.54 bits per heavy atom. The lowest BCUT2D eigenvalue weighted by Crippen LogP contribution is -2.50. The van der Waals surface area contributed by atoms with Crippen LogP contribution in [0.3, 0.4) is 0 Å². The zero-order valence-electron chi connectivity index (χ0n) is 16.0. The highest BCUT2D eigenvalue weighted by Crippen LogP contribution is 2.46. The molecule has 26 heavy (non-hydrogen) atoms. The largest absolute Gasteiger partial charge is 0.464 e. The van der Waals surface area contributed by atoms with Crippen LogP contribution in [0.25, 0.3) is 0 Å². The van der Waals surface area contributed by atoms with E-state index in [2.05, 4.69) is 11.9 Å². The van der Waals surface area contributed by atoms with E-state index in [4.69, 9.17) is 9.47 Å². The summed E-state index contributed by atoms with van der Waals surface area (Å²) in [6.45, 7) is 11.1. The van der Waals surface area contributed by atoms with Gasteiger partial charge in [-0.1, -0.05) is 6.08 Å². The van der Waals surface area contributed by atoms with E-state index in [1.165, 1.54) is 0 Å². The van der Waals surface area contributed by atoms with Crippen molar-refractivity contribution in [3.8, 4) is 0 Å². The fourth-order valence-corrected chi connectivity index (χ4v) is 3.68. The molecule has 2 aliphatic rings. The number of rotatable bonds is 7. The highest BCUT2D eigenvalue weighted by atomic mass is 16.6. The fourth-order valence-electron chi connectivity index (χ4n) is 3.68. The van der Waals surface area contributed by atoms with Gasteiger partial charge in [-0.25, -0.2) is 4.79 Å². The molecule has 0 spiro atoms. The molecule has 0 radical (unpaired) electrons. The Balaban J connectivity index is 2.11. The average molecular weight is 369 g/mol. The highest BCUT2D eigenvalue weighted by Gasteiger charge is 2.62. The lowest BCUT2D eigenvalue weighted by molar-refractivity contribution is -0.199. The van der Waals surface area contributed by atoms with Crippen LogP contribution in [0, 0.1) is 17.8 Å². The van der Waals surface area contributed by atoms with Crippen LogP contribution in [0.15, 0.2) is 12.7 Å². The summed E-state index contributed by atoms with van der Waals surface area (Å²) >= 11 is 0. The molecule has 0 aromatic heterocycles. The van der Waals surface area contributed by atoms with E-state index in [0.717, 1.165) is 0 Å². The van der Waals surface area contributed by atoms with Gasteiger partial charge in [0.15, 0.2) is 6.29 Å². The van der Waals surface area contributed by atoms with Crippen LogP contribution in [0.4, 0.5) is 0 Å². The Kier molecular flexibility index (Phi) is 6.15. The van der Waals surface area contributed by atoms with Crippen molar-refractivity contribution in [2.75, 3.05) is 6.61 Å². The van der Waals surface area contributed by atoms with E-state index in [1.54, 1.807) is 13.0 Å². The smallest absolute Gasteiger partial charge is 0.332 e. The van der Waals surface area contributed by atoms with E-state index in [1.807, 2.05) is 20.8 Å². The molecule has 2 aliphatic carbocycles. The number of hydrogen-bond donors (Lipinski definition) is 3. The molecule has 2 saturated carbocycles. The van der Waals surface area contributed by atoms with Crippen molar-refractivity contribution in [2.45, 2.75) is 70.5 Å². The van der Waals surface area contributed by atoms with Crippen LogP contribution >= 0.6 is 0 Å². The van der Waals surface area contributed by atoms with Crippen molar-refractivity contribution in [2.24, 2.45) is 17.8 Å². The Morgan fingerprint density at radius 1 is 1.38 bits per heavy atom. The second-order valence-corrected chi connectivity index (χ2v) is 8.24. The Labute approximate surface area is 154 Å². The van der Waals surface area contributed by atoms with Crippen LogP contribution in [-0.2, 0) is 19.1 Å². The maximum absolute atomic E-state index is 12.9. The molecule has 3 N–H and O–H groups in total. The predicted molar refractivity (Wildman–Crippen MR) is 94.9 cm³/mol. The SMILES string of the molecule is C=C[C@@H]1C[C@]1(NC(=O)[C@@H]1C[C@H](O)C[C@H]1C(O)OC(C)(C)C)C(=O)OCC. The number of esters is 1. The first-order valence-corrected chi connectivity index (χ1v) is 9.19. The number of aliphatic hydroxyl groups excluding tert-OH is 2. The normalized spacial score (nSPS) is 34.8. The quantitative estimate of drug-likeness (QED) is 0.353. The molecular formula is C19H31NO6. The van der Waals surface area contributed by atoms with E-state index >= 15 is 0 Å². The van der Waals surface area contributed by atoms with E-state index in [-0.39, 0.29) is 31.3 Å². The van der Waals surface area contributed by atoms with Gasteiger partial charge in [-0.3, -0.25) is 4.79 Å². The van der Waals surface area contributed by atoms with Crippen LogP contribution in [0.5, 0.6) is 0 Å². The van der Waals surface area contributed by atoms with Crippen molar-refractivity contribution >= 4 is 11.9 Å². The first kappa shape index (κ1) is 20.9. The third-order valence-corrected chi connectivity index (χ3v) is 5.05. The summed E-state index contributed by atoms with van der Waals surface area (Å²) in [6, 6.07) is 0. The second kappa shape index (κ2) is 7.66. The summed E-state index contributed by atoms with van der Waals surface area (Å²) in [5, 5.41) is 23.2. The predicted octanol–water partition coefficient (Wildman–Crippen LogP) is 1.13. The summed E-state index contributed by atoms with van der Waals surface area (Å²) in [5.41, 5.74) is -1.66. The maximum atomic E-state index is 12.9. The summed E-state index contributed by atoms with van der Waals surface area (Å²) in [7, 11) is 0. The molecule has 0 heterocycles. The number of carbonyl (C=O) groups excluding carboxylic acids is 2. The van der Waals surface area contributed by atoms with E-state index in [0.29, 0.717) is 6.42 Å². The van der Waals surface area contributed by atoms with Crippen molar-refractivity contribution < 1.29 is 29.3 Å². The standard InChI is InChI=1S/C19H31NO6/c1-6-11-10-19(11,17(24)25-7-2)20-15(22)13-8-12(21)9-14(13)16(23)26-18(3,4)5/h6,11-14,16,21,23H,1,7-10H2,2-5H3,(H,20,22)/t11-,12+,13-,14-,16?,19-/m1/s1. The molecule has 1 amide bonds. The Hall–Kier alpha value is -1.44. The maximum Gasteiger partial charge on any atom is 0.332 e. The zero-order valence-corrected chi connectivity index (χ0v) is 16.0. The van der Waals surface area contributed by atoms with Crippen molar-refractivity contribution in [1.29, 1.82) is 0 Å².